The number of benzene rings is 1. The number of hydrogen-bond donors (Lipinski definition) is 0. The minimum absolute atomic E-state index is 0.232. The Morgan fingerprint density at radius 1 is 1.07 bits per heavy atom. The fraction of sp³-hybridized carbons (Fsp3) is 0.708. The highest BCUT2D eigenvalue weighted by Crippen LogP contribution is 2.48. The van der Waals surface area contributed by atoms with E-state index in [4.69, 9.17) is 9.47 Å². The van der Waals surface area contributed by atoms with Gasteiger partial charge in [-0.25, -0.2) is 0 Å². The molecule has 0 spiro atoms. The molecule has 3 heteroatoms. The summed E-state index contributed by atoms with van der Waals surface area (Å²) in [4.78, 5) is 11.7. The van der Waals surface area contributed by atoms with E-state index < -0.39 is 0 Å². The Hall–Kier alpha value is -1.51. The molecule has 1 aromatic rings. The first-order chi connectivity index (χ1) is 13.2. The summed E-state index contributed by atoms with van der Waals surface area (Å²) in [7, 11) is 0. The minimum atomic E-state index is -0.232. The zero-order valence-electron chi connectivity index (χ0n) is 17.2. The van der Waals surface area contributed by atoms with Gasteiger partial charge in [-0.3, -0.25) is 4.79 Å². The second-order valence-corrected chi connectivity index (χ2v) is 8.43. The molecule has 1 aromatic carbocycles. The smallest absolute Gasteiger partial charge is 0.308 e. The molecule has 2 atom stereocenters. The normalized spacial score (nSPS) is 21.6. The third-order valence-electron chi connectivity index (χ3n) is 6.22. The molecule has 150 valence electrons. The summed E-state index contributed by atoms with van der Waals surface area (Å²) in [6.07, 6.45) is 15.0. The Balaban J connectivity index is 1.75. The lowest BCUT2D eigenvalue weighted by atomic mass is 9.80. The molecule has 2 aliphatic rings. The second-order valence-electron chi connectivity index (χ2n) is 8.43. The van der Waals surface area contributed by atoms with Gasteiger partial charge in [0.05, 0.1) is 6.61 Å². The van der Waals surface area contributed by atoms with E-state index in [-0.39, 0.29) is 5.97 Å². The second kappa shape index (κ2) is 10.1. The molecule has 0 unspecified atom stereocenters. The lowest BCUT2D eigenvalue weighted by Gasteiger charge is -2.34. The monoisotopic (exact) mass is 372 g/mol. The molecule has 1 aliphatic heterocycles. The molecule has 1 fully saturated rings. The van der Waals surface area contributed by atoms with Crippen LogP contribution in [0.15, 0.2) is 12.1 Å². The van der Waals surface area contributed by atoms with E-state index in [0.29, 0.717) is 11.8 Å². The largest absolute Gasteiger partial charge is 0.493 e. The van der Waals surface area contributed by atoms with E-state index in [1.165, 1.54) is 83.1 Å². The zero-order valence-corrected chi connectivity index (χ0v) is 17.2. The van der Waals surface area contributed by atoms with Crippen molar-refractivity contribution < 1.29 is 14.3 Å². The zero-order chi connectivity index (χ0) is 19.1. The van der Waals surface area contributed by atoms with E-state index in [0.717, 1.165) is 30.1 Å². The number of aryl methyl sites for hydroxylation is 1. The molecule has 0 amide bonds. The van der Waals surface area contributed by atoms with Gasteiger partial charge in [-0.15, -0.1) is 0 Å². The predicted octanol–water partition coefficient (Wildman–Crippen LogP) is 6.57. The van der Waals surface area contributed by atoms with Crippen molar-refractivity contribution >= 4 is 5.97 Å². The highest BCUT2D eigenvalue weighted by Gasteiger charge is 2.35. The summed E-state index contributed by atoms with van der Waals surface area (Å²) in [6.45, 7) is 4.57. The first-order valence-corrected chi connectivity index (χ1v) is 11.2. The van der Waals surface area contributed by atoms with Crippen molar-refractivity contribution in [3.63, 3.8) is 0 Å². The van der Waals surface area contributed by atoms with Gasteiger partial charge in [-0.05, 0) is 49.3 Å². The van der Waals surface area contributed by atoms with E-state index in [2.05, 4.69) is 19.1 Å². The van der Waals surface area contributed by atoms with Crippen LogP contribution in [-0.4, -0.2) is 12.6 Å². The first-order valence-electron chi connectivity index (χ1n) is 11.2. The Labute approximate surface area is 164 Å². The van der Waals surface area contributed by atoms with Gasteiger partial charge in [0, 0.05) is 18.4 Å². The van der Waals surface area contributed by atoms with Crippen LogP contribution < -0.4 is 9.47 Å². The van der Waals surface area contributed by atoms with Crippen LogP contribution in [0.4, 0.5) is 0 Å². The van der Waals surface area contributed by atoms with E-state index in [1.807, 2.05) is 0 Å². The molecule has 0 saturated heterocycles. The Bertz CT molecular complexity index is 622. The summed E-state index contributed by atoms with van der Waals surface area (Å²) in [5.74, 6) is 2.55. The van der Waals surface area contributed by atoms with E-state index in [9.17, 15) is 4.79 Å². The summed E-state index contributed by atoms with van der Waals surface area (Å²) < 4.78 is 11.9. The van der Waals surface area contributed by atoms with Gasteiger partial charge >= 0.3 is 5.97 Å². The lowest BCUT2D eigenvalue weighted by molar-refractivity contribution is -0.132. The number of unbranched alkanes of at least 4 members (excludes halogenated alkanes) is 5. The summed E-state index contributed by atoms with van der Waals surface area (Å²) in [5.41, 5.74) is 2.41. The van der Waals surface area contributed by atoms with Crippen LogP contribution in [0.5, 0.6) is 11.5 Å². The van der Waals surface area contributed by atoms with Gasteiger partial charge in [0.15, 0.2) is 0 Å². The molecular formula is C24H36O3. The maximum atomic E-state index is 11.7. The van der Waals surface area contributed by atoms with E-state index in [1.54, 1.807) is 0 Å². The predicted molar refractivity (Wildman–Crippen MR) is 110 cm³/mol. The highest BCUT2D eigenvalue weighted by atomic mass is 16.5. The molecule has 0 bridgehead atoms. The van der Waals surface area contributed by atoms with Crippen molar-refractivity contribution in [3.05, 3.63) is 23.3 Å². The first kappa shape index (κ1) is 20.2. The van der Waals surface area contributed by atoms with Crippen LogP contribution in [-0.2, 0) is 11.2 Å². The van der Waals surface area contributed by atoms with Crippen molar-refractivity contribution in [3.8, 4) is 11.5 Å². The highest BCUT2D eigenvalue weighted by molar-refractivity contribution is 5.71. The number of fused-ring (bicyclic) bond motifs is 3. The molecular weight excluding hydrogens is 336 g/mol. The maximum Gasteiger partial charge on any atom is 0.308 e. The molecule has 0 aromatic heterocycles. The van der Waals surface area contributed by atoms with Gasteiger partial charge in [0.2, 0.25) is 0 Å². The van der Waals surface area contributed by atoms with E-state index >= 15 is 0 Å². The van der Waals surface area contributed by atoms with Gasteiger partial charge in [0.25, 0.3) is 0 Å². The number of carbonyl (C=O) groups excluding carboxylic acids is 1. The summed E-state index contributed by atoms with van der Waals surface area (Å²) in [6, 6.07) is 4.33. The standard InChI is InChI=1S/C24H36O3/c1-3-4-5-6-7-9-12-19-15-22-24(23(16-19)27-18(2)25)21-14-11-8-10-13-20(21)17-26-22/h15-16,20-21H,3-14,17H2,1-2H3/t20-,21-/m1/s1. The number of ether oxygens (including phenoxy) is 2. The molecule has 3 rings (SSSR count). The van der Waals surface area contributed by atoms with Crippen LogP contribution in [0.1, 0.15) is 102 Å². The van der Waals surface area contributed by atoms with Crippen molar-refractivity contribution in [2.24, 2.45) is 5.92 Å². The third kappa shape index (κ3) is 5.49. The molecule has 1 aliphatic carbocycles. The Morgan fingerprint density at radius 3 is 2.67 bits per heavy atom. The number of esters is 1. The fourth-order valence-corrected chi connectivity index (χ4v) is 4.79. The molecule has 3 nitrogen and oxygen atoms in total. The molecule has 27 heavy (non-hydrogen) atoms. The van der Waals surface area contributed by atoms with Gasteiger partial charge < -0.3 is 9.47 Å². The van der Waals surface area contributed by atoms with Crippen LogP contribution in [0.2, 0.25) is 0 Å². The molecule has 1 heterocycles. The van der Waals surface area contributed by atoms with Crippen LogP contribution in [0.3, 0.4) is 0 Å². The van der Waals surface area contributed by atoms with Crippen molar-refractivity contribution in [1.82, 2.24) is 0 Å². The van der Waals surface area contributed by atoms with Crippen LogP contribution in [0.25, 0.3) is 0 Å². The minimum Gasteiger partial charge on any atom is -0.493 e. The summed E-state index contributed by atoms with van der Waals surface area (Å²) >= 11 is 0. The molecule has 1 saturated carbocycles. The number of carbonyl (C=O) groups is 1. The number of hydrogen-bond acceptors (Lipinski definition) is 3. The van der Waals surface area contributed by atoms with Crippen molar-refractivity contribution in [1.29, 1.82) is 0 Å². The fourth-order valence-electron chi connectivity index (χ4n) is 4.79. The van der Waals surface area contributed by atoms with Crippen molar-refractivity contribution in [2.45, 2.75) is 96.8 Å². The third-order valence-corrected chi connectivity index (χ3v) is 6.22. The van der Waals surface area contributed by atoms with Crippen LogP contribution >= 0.6 is 0 Å². The Kier molecular flexibility index (Phi) is 7.60. The topological polar surface area (TPSA) is 35.5 Å². The SMILES string of the molecule is CCCCCCCCc1cc2c(c(OC(C)=O)c1)[C@@H]1CCCCC[C@@H]1CO2. The summed E-state index contributed by atoms with van der Waals surface area (Å²) in [5, 5.41) is 0. The van der Waals surface area contributed by atoms with Gasteiger partial charge in [-0.1, -0.05) is 58.3 Å². The average molecular weight is 373 g/mol. The molecule has 0 N–H and O–H groups in total. The quantitative estimate of drug-likeness (QED) is 0.294. The van der Waals surface area contributed by atoms with Crippen LogP contribution in [0, 0.1) is 5.92 Å². The lowest BCUT2D eigenvalue weighted by Crippen LogP contribution is -2.26. The van der Waals surface area contributed by atoms with Crippen molar-refractivity contribution in [2.75, 3.05) is 6.61 Å². The average Bonchev–Trinajstić information content (AvgIpc) is 2.89. The van der Waals surface area contributed by atoms with Gasteiger partial charge in [0.1, 0.15) is 11.5 Å². The van der Waals surface area contributed by atoms with Gasteiger partial charge in [-0.2, -0.15) is 0 Å². The number of rotatable bonds is 8. The molecule has 0 radical (unpaired) electrons. The maximum absolute atomic E-state index is 11.7. The Morgan fingerprint density at radius 2 is 1.85 bits per heavy atom.